The van der Waals surface area contributed by atoms with Crippen molar-refractivity contribution in [3.05, 3.63) is 51.4 Å². The number of aromatic nitrogens is 4. The lowest BCUT2D eigenvalue weighted by Crippen LogP contribution is -2.16. The summed E-state index contributed by atoms with van der Waals surface area (Å²) < 4.78 is 52.7. The van der Waals surface area contributed by atoms with Crippen LogP contribution >= 0.6 is 0 Å². The Bertz CT molecular complexity index is 995. The maximum absolute atomic E-state index is 13.7. The Hall–Kier alpha value is -2.95. The molecule has 138 valence electrons. The summed E-state index contributed by atoms with van der Waals surface area (Å²) in [7, 11) is 0. The first-order chi connectivity index (χ1) is 12.3. The van der Waals surface area contributed by atoms with Gasteiger partial charge in [-0.1, -0.05) is 12.1 Å². The molecule has 1 atom stereocenters. The van der Waals surface area contributed by atoms with Crippen LogP contribution in [-0.4, -0.2) is 36.6 Å². The molecule has 0 radical (unpaired) electrons. The van der Waals surface area contributed by atoms with Crippen LogP contribution in [0.25, 0.3) is 11.0 Å². The van der Waals surface area contributed by atoms with Crippen LogP contribution in [0.15, 0.2) is 29.1 Å². The molecule has 2 heterocycles. The lowest BCUT2D eigenvalue weighted by Gasteiger charge is -2.16. The van der Waals surface area contributed by atoms with Gasteiger partial charge in [0.15, 0.2) is 5.65 Å². The summed E-state index contributed by atoms with van der Waals surface area (Å²) in [4.78, 5) is 17.7. The normalized spacial score (nSPS) is 13.3. The van der Waals surface area contributed by atoms with Crippen molar-refractivity contribution in [2.45, 2.75) is 18.8 Å². The van der Waals surface area contributed by atoms with Gasteiger partial charge in [0, 0.05) is 0 Å². The highest BCUT2D eigenvalue weighted by atomic mass is 19.4. The van der Waals surface area contributed by atoms with E-state index in [0.29, 0.717) is 0 Å². The van der Waals surface area contributed by atoms with Crippen LogP contribution in [0.4, 0.5) is 17.6 Å². The summed E-state index contributed by atoms with van der Waals surface area (Å²) in [5, 5.41) is 22.6. The number of fused-ring (bicyclic) bond motifs is 1. The second-order valence-electron chi connectivity index (χ2n) is 5.43. The van der Waals surface area contributed by atoms with Crippen molar-refractivity contribution in [2.75, 3.05) is 6.67 Å². The predicted molar refractivity (Wildman–Crippen MR) is 81.3 cm³/mol. The summed E-state index contributed by atoms with van der Waals surface area (Å²) in [6.45, 7) is -1.71. The molecule has 3 rings (SSSR count). The number of H-pyrrole nitrogens is 1. The molecular formula is C15H12F4N4O3. The highest BCUT2D eigenvalue weighted by Gasteiger charge is 2.31. The maximum Gasteiger partial charge on any atom is 0.416 e. The molecule has 0 bridgehead atoms. The number of aromatic amines is 1. The van der Waals surface area contributed by atoms with Crippen LogP contribution in [0.3, 0.4) is 0 Å². The van der Waals surface area contributed by atoms with Gasteiger partial charge in [0.2, 0.25) is 0 Å². The first kappa shape index (κ1) is 17.9. The van der Waals surface area contributed by atoms with E-state index in [-0.39, 0.29) is 22.3 Å². The molecule has 1 aromatic carbocycles. The topological polar surface area (TPSA) is 104 Å². The van der Waals surface area contributed by atoms with Crippen LogP contribution < -0.4 is 5.56 Å². The Morgan fingerprint density at radius 1 is 1.23 bits per heavy atom. The summed E-state index contributed by atoms with van der Waals surface area (Å²) in [5.41, 5.74) is -1.83. The van der Waals surface area contributed by atoms with Gasteiger partial charge in [-0.15, -0.1) is 0 Å². The van der Waals surface area contributed by atoms with Crippen molar-refractivity contribution in [1.82, 2.24) is 19.7 Å². The van der Waals surface area contributed by atoms with Gasteiger partial charge in [0.05, 0.1) is 12.2 Å². The molecule has 11 heteroatoms. The molecular weight excluding hydrogens is 360 g/mol. The molecule has 3 aromatic rings. The van der Waals surface area contributed by atoms with E-state index in [1.807, 2.05) is 4.98 Å². The molecule has 1 unspecified atom stereocenters. The number of nitrogens with one attached hydrogen (secondary N) is 1. The molecule has 26 heavy (non-hydrogen) atoms. The van der Waals surface area contributed by atoms with Crippen molar-refractivity contribution in [2.24, 2.45) is 0 Å². The fourth-order valence-electron chi connectivity index (χ4n) is 2.62. The number of aromatic hydroxyl groups is 1. The molecule has 0 saturated heterocycles. The monoisotopic (exact) mass is 372 g/mol. The lowest BCUT2D eigenvalue weighted by atomic mass is 10.1. The Labute approximate surface area is 142 Å². The van der Waals surface area contributed by atoms with Crippen molar-refractivity contribution in [1.29, 1.82) is 0 Å². The van der Waals surface area contributed by atoms with Gasteiger partial charge < -0.3 is 10.2 Å². The number of alkyl halides is 4. The minimum atomic E-state index is -4.53. The number of benzene rings is 1. The molecule has 0 aliphatic carbocycles. The molecule has 7 nitrogen and oxygen atoms in total. The molecule has 2 aromatic heterocycles. The van der Waals surface area contributed by atoms with E-state index in [1.54, 1.807) is 0 Å². The van der Waals surface area contributed by atoms with Crippen molar-refractivity contribution in [3.8, 4) is 6.01 Å². The van der Waals surface area contributed by atoms with Gasteiger partial charge in [-0.25, -0.2) is 9.07 Å². The second-order valence-corrected chi connectivity index (χ2v) is 5.43. The Kier molecular flexibility index (Phi) is 4.40. The number of aliphatic hydroxyl groups excluding tert-OH is 1. The molecule has 3 N–H and O–H groups in total. The van der Waals surface area contributed by atoms with Gasteiger partial charge in [-0.05, 0) is 17.7 Å². The third-order valence-corrected chi connectivity index (χ3v) is 3.84. The number of hydrogen-bond donors (Lipinski definition) is 3. The van der Waals surface area contributed by atoms with E-state index >= 15 is 0 Å². The molecule has 0 aliphatic rings. The zero-order valence-electron chi connectivity index (χ0n) is 13.0. The van der Waals surface area contributed by atoms with Crippen LogP contribution in [0, 0.1) is 0 Å². The zero-order chi connectivity index (χ0) is 19.1. The minimum absolute atomic E-state index is 0.0980. The number of hydrogen-bond acceptors (Lipinski definition) is 5. The molecule has 0 amide bonds. The average molecular weight is 372 g/mol. The van der Waals surface area contributed by atoms with Crippen molar-refractivity contribution >= 4 is 11.0 Å². The Morgan fingerprint density at radius 2 is 1.88 bits per heavy atom. The van der Waals surface area contributed by atoms with E-state index in [1.165, 1.54) is 0 Å². The Balaban J connectivity index is 2.16. The average Bonchev–Trinajstić information content (AvgIpc) is 2.94. The first-order valence-electron chi connectivity index (χ1n) is 7.30. The zero-order valence-corrected chi connectivity index (χ0v) is 13.0. The van der Waals surface area contributed by atoms with Gasteiger partial charge in [-0.3, -0.25) is 9.78 Å². The number of rotatable bonds is 4. The Morgan fingerprint density at radius 3 is 2.42 bits per heavy atom. The SMILES string of the molecule is O=c1[nH]c(O)nc2c1c(CO)nn2C(CF)c1ccc(C(F)(F)F)cc1. The minimum Gasteiger partial charge on any atom is -0.480 e. The third kappa shape index (κ3) is 3.01. The molecule has 0 fully saturated rings. The predicted octanol–water partition coefficient (Wildman–Crippen LogP) is 1.90. The van der Waals surface area contributed by atoms with Gasteiger partial charge in [-0.2, -0.15) is 23.3 Å². The molecule has 0 spiro atoms. The molecule has 0 saturated carbocycles. The van der Waals surface area contributed by atoms with Crippen LogP contribution in [0.2, 0.25) is 0 Å². The molecule has 0 aliphatic heterocycles. The summed E-state index contributed by atoms with van der Waals surface area (Å²) in [5.74, 6) is 0. The number of nitrogens with zero attached hydrogens (tertiary/aromatic N) is 3. The summed E-state index contributed by atoms with van der Waals surface area (Å²) in [6.07, 6.45) is -4.53. The van der Waals surface area contributed by atoms with E-state index in [9.17, 15) is 32.6 Å². The van der Waals surface area contributed by atoms with Crippen LogP contribution in [-0.2, 0) is 12.8 Å². The number of aliphatic hydroxyl groups is 1. The van der Waals surface area contributed by atoms with Crippen LogP contribution in [0.1, 0.15) is 22.9 Å². The highest BCUT2D eigenvalue weighted by Crippen LogP contribution is 2.31. The van der Waals surface area contributed by atoms with Gasteiger partial charge >= 0.3 is 6.18 Å². The van der Waals surface area contributed by atoms with Crippen molar-refractivity contribution in [3.63, 3.8) is 0 Å². The second kappa shape index (κ2) is 6.41. The first-order valence-corrected chi connectivity index (χ1v) is 7.30. The van der Waals surface area contributed by atoms with E-state index in [0.717, 1.165) is 28.9 Å². The maximum atomic E-state index is 13.7. The van der Waals surface area contributed by atoms with Crippen LogP contribution in [0.5, 0.6) is 6.01 Å². The largest absolute Gasteiger partial charge is 0.480 e. The highest BCUT2D eigenvalue weighted by molar-refractivity contribution is 5.77. The summed E-state index contributed by atoms with van der Waals surface area (Å²) in [6, 6.07) is 1.84. The fourth-order valence-corrected chi connectivity index (χ4v) is 2.62. The lowest BCUT2D eigenvalue weighted by molar-refractivity contribution is -0.137. The van der Waals surface area contributed by atoms with E-state index in [4.69, 9.17) is 0 Å². The van der Waals surface area contributed by atoms with Gasteiger partial charge in [0.1, 0.15) is 23.8 Å². The third-order valence-electron chi connectivity index (χ3n) is 3.84. The fraction of sp³-hybridized carbons (Fsp3) is 0.267. The number of halogens is 4. The van der Waals surface area contributed by atoms with E-state index in [2.05, 4.69) is 10.1 Å². The van der Waals surface area contributed by atoms with E-state index < -0.39 is 42.6 Å². The van der Waals surface area contributed by atoms with Gasteiger partial charge in [0.25, 0.3) is 11.6 Å². The van der Waals surface area contributed by atoms with Crippen molar-refractivity contribution < 1.29 is 27.8 Å². The standard InChI is InChI=1S/C15H12F4N4O3/c16-5-10(7-1-3-8(4-2-7)15(17,18)19)23-12-11(9(6-24)22-23)13(25)21-14(26)20-12/h1-4,10,24H,5-6H2,(H2,20,21,25,26). The quantitative estimate of drug-likeness (QED) is 0.607. The smallest absolute Gasteiger partial charge is 0.416 e. The summed E-state index contributed by atoms with van der Waals surface area (Å²) >= 11 is 0.